The van der Waals surface area contributed by atoms with E-state index in [4.69, 9.17) is 58.4 Å². The molecule has 0 atom stereocenters. The lowest BCUT2D eigenvalue weighted by molar-refractivity contribution is -0.124. The van der Waals surface area contributed by atoms with E-state index < -0.39 is 6.04 Å². The molecule has 0 aromatic carbocycles. The van der Waals surface area contributed by atoms with Crippen molar-refractivity contribution < 1.29 is 57.0 Å². The quantitative estimate of drug-likeness (QED) is 0.0424. The van der Waals surface area contributed by atoms with Gasteiger partial charge in [-0.25, -0.2) is 0 Å². The molecule has 47 heavy (non-hydrogen) atoms. The van der Waals surface area contributed by atoms with Gasteiger partial charge in [0.1, 0.15) is 5.78 Å². The molecule has 19 heteroatoms. The van der Waals surface area contributed by atoms with Crippen LogP contribution in [0.2, 0.25) is 0 Å². The molecule has 0 aliphatic rings. The maximum Gasteiger partial charge on any atom is 0.222 e. The Morgan fingerprint density at radius 2 is 0.830 bits per heavy atom. The first-order chi connectivity index (χ1) is 23.1. The van der Waals surface area contributed by atoms with Gasteiger partial charge in [0.25, 0.3) is 0 Å². The number of Topliss-reactive ketones (excluding diaryl/α,β-unsaturated/α-hetero) is 1. The molecule has 0 fully saturated rings. The highest BCUT2D eigenvalue weighted by atomic mass is 16.6. The second-order valence-electron chi connectivity index (χ2n) is 9.42. The summed E-state index contributed by atoms with van der Waals surface area (Å²) >= 11 is 0. The zero-order chi connectivity index (χ0) is 34.3. The van der Waals surface area contributed by atoms with Crippen molar-refractivity contribution in [2.75, 3.05) is 145 Å². The fourth-order valence-corrected chi connectivity index (χ4v) is 3.20. The predicted molar refractivity (Wildman–Crippen MR) is 168 cm³/mol. The third-order valence-electron chi connectivity index (χ3n) is 5.48. The van der Waals surface area contributed by atoms with E-state index >= 15 is 0 Å². The van der Waals surface area contributed by atoms with Crippen LogP contribution >= 0.6 is 0 Å². The van der Waals surface area contributed by atoms with Gasteiger partial charge in [-0.05, 0) is 18.0 Å². The van der Waals surface area contributed by atoms with Crippen LogP contribution in [0, 0.1) is 0 Å². The summed E-state index contributed by atoms with van der Waals surface area (Å²) in [5, 5.41) is 9.66. The second kappa shape index (κ2) is 37.8. The molecule has 0 aromatic rings. The van der Waals surface area contributed by atoms with Crippen LogP contribution in [0.4, 0.5) is 0 Å². The fourth-order valence-electron chi connectivity index (χ4n) is 3.20. The zero-order valence-electron chi connectivity index (χ0n) is 27.6. The Morgan fingerprint density at radius 3 is 1.19 bits per heavy atom. The van der Waals surface area contributed by atoms with Crippen LogP contribution in [-0.2, 0) is 57.0 Å². The second-order valence-corrected chi connectivity index (χ2v) is 9.42. The first kappa shape index (κ1) is 44.4. The van der Waals surface area contributed by atoms with E-state index in [-0.39, 0.29) is 51.0 Å². The number of nitrogens with zero attached hydrogens (tertiary/aromatic N) is 6. The van der Waals surface area contributed by atoms with Gasteiger partial charge in [0.15, 0.2) is 0 Å². The number of hydrogen-bond acceptors (Lipinski definition) is 14. The topological polar surface area (TPSA) is 236 Å². The van der Waals surface area contributed by atoms with E-state index in [1.165, 1.54) is 6.92 Å². The maximum absolute atomic E-state index is 12.5. The first-order valence-electron chi connectivity index (χ1n) is 15.7. The average molecular weight is 680 g/mol. The molecule has 0 spiro atoms. The first-order valence-corrected chi connectivity index (χ1v) is 15.7. The molecule has 272 valence electrons. The Balaban J connectivity index is 4.05. The number of hydrogen-bond donors (Lipinski definition) is 1. The van der Waals surface area contributed by atoms with Crippen molar-refractivity contribution in [1.29, 1.82) is 0 Å². The minimum Gasteiger partial charge on any atom is -0.379 e. The van der Waals surface area contributed by atoms with E-state index in [1.807, 2.05) is 0 Å². The van der Waals surface area contributed by atoms with Crippen LogP contribution in [0.15, 0.2) is 10.2 Å². The van der Waals surface area contributed by atoms with E-state index in [0.29, 0.717) is 119 Å². The van der Waals surface area contributed by atoms with Gasteiger partial charge >= 0.3 is 0 Å². The van der Waals surface area contributed by atoms with Gasteiger partial charge < -0.3 is 52.7 Å². The summed E-state index contributed by atoms with van der Waals surface area (Å²) in [6, 6.07) is -0.390. The highest BCUT2D eigenvalue weighted by Crippen LogP contribution is 1.94. The monoisotopic (exact) mass is 679 g/mol. The summed E-state index contributed by atoms with van der Waals surface area (Å²) in [5.74, 6) is -0.107. The molecule has 0 bridgehead atoms. The number of carbonyl (C=O) groups is 2. The molecular formula is C28H53N7O12. The largest absolute Gasteiger partial charge is 0.379 e. The summed E-state index contributed by atoms with van der Waals surface area (Å²) < 4.78 is 54.3. The minimum absolute atomic E-state index is 0.0965. The van der Waals surface area contributed by atoms with E-state index in [2.05, 4.69) is 25.4 Å². The summed E-state index contributed by atoms with van der Waals surface area (Å²) in [5.41, 5.74) is 16.4. The molecule has 0 radical (unpaired) electrons. The summed E-state index contributed by atoms with van der Waals surface area (Å²) in [6.07, 6.45) is 0.568. The third-order valence-corrected chi connectivity index (χ3v) is 5.48. The Bertz CT molecular complexity index is 796. The number of azide groups is 2. The van der Waals surface area contributed by atoms with E-state index in [0.717, 1.165) is 0 Å². The molecule has 0 unspecified atom stereocenters. The number of ether oxygens (including phenoxy) is 10. The molecule has 0 aliphatic heterocycles. The molecule has 0 aliphatic carbocycles. The van der Waals surface area contributed by atoms with Gasteiger partial charge in [0.05, 0.1) is 138 Å². The predicted octanol–water partition coefficient (Wildman–Crippen LogP) is 1.63. The average Bonchev–Trinajstić information content (AvgIpc) is 3.05. The molecule has 1 N–H and O–H groups in total. The van der Waals surface area contributed by atoms with E-state index in [9.17, 15) is 9.59 Å². The summed E-state index contributed by atoms with van der Waals surface area (Å²) in [7, 11) is 0. The molecule has 0 saturated carbocycles. The number of rotatable bonds is 38. The van der Waals surface area contributed by atoms with Gasteiger partial charge in [-0.1, -0.05) is 10.2 Å². The normalized spacial score (nSPS) is 11.5. The van der Waals surface area contributed by atoms with Crippen molar-refractivity contribution >= 4 is 11.7 Å². The third kappa shape index (κ3) is 37.7. The van der Waals surface area contributed by atoms with Crippen molar-refractivity contribution in [1.82, 2.24) is 5.32 Å². The van der Waals surface area contributed by atoms with Gasteiger partial charge in [0.2, 0.25) is 5.91 Å². The Kier molecular flexibility index (Phi) is 35.7. The molecule has 19 nitrogen and oxygen atoms in total. The summed E-state index contributed by atoms with van der Waals surface area (Å²) in [4.78, 5) is 28.6. The fraction of sp³-hybridized carbons (Fsp3) is 0.929. The number of carbonyl (C=O) groups excluding carboxylic acids is 2. The zero-order valence-corrected chi connectivity index (χ0v) is 27.6. The Morgan fingerprint density at radius 1 is 0.511 bits per heavy atom. The van der Waals surface area contributed by atoms with Crippen LogP contribution in [0.3, 0.4) is 0 Å². The number of nitrogens with one attached hydrogen (secondary N) is 1. The van der Waals surface area contributed by atoms with Gasteiger partial charge in [-0.15, -0.1) is 0 Å². The van der Waals surface area contributed by atoms with Gasteiger partial charge in [-0.3, -0.25) is 9.59 Å². The molecule has 0 saturated heterocycles. The standard InChI is InChI=1S/C28H53N7O12/c1-26(36)2-6-38-10-14-42-18-19-43-15-11-39-7-3-28(37)33-27(24-46-22-20-44-16-12-40-8-4-31-34-29)25-47-23-21-45-17-13-41-9-5-32-35-30/h27H,2-25H2,1H3,(H,33,37). The van der Waals surface area contributed by atoms with Crippen molar-refractivity contribution in [2.24, 2.45) is 10.2 Å². The van der Waals surface area contributed by atoms with Crippen LogP contribution in [0.25, 0.3) is 20.9 Å². The SMILES string of the molecule is CC(=O)CCOCCOCCOCCOCCC(=O)NC(COCCOCCOCCN=[N+]=[N-])COCCOCCOCCN=[N+]=[N-]. The molecule has 0 aromatic heterocycles. The Hall–Kier alpha value is -2.64. The smallest absolute Gasteiger partial charge is 0.222 e. The van der Waals surface area contributed by atoms with Crippen LogP contribution in [-0.4, -0.2) is 163 Å². The van der Waals surface area contributed by atoms with Crippen LogP contribution < -0.4 is 5.32 Å². The van der Waals surface area contributed by atoms with Gasteiger partial charge in [0, 0.05) is 35.8 Å². The lowest BCUT2D eigenvalue weighted by atomic mass is 10.3. The van der Waals surface area contributed by atoms with E-state index in [1.54, 1.807) is 0 Å². The number of amides is 1. The molecular weight excluding hydrogens is 626 g/mol. The highest BCUT2D eigenvalue weighted by Gasteiger charge is 2.13. The van der Waals surface area contributed by atoms with Crippen molar-refractivity contribution in [2.45, 2.75) is 25.8 Å². The van der Waals surface area contributed by atoms with Gasteiger partial charge in [-0.2, -0.15) is 0 Å². The van der Waals surface area contributed by atoms with Crippen molar-refractivity contribution in [3.05, 3.63) is 20.9 Å². The van der Waals surface area contributed by atoms with Crippen LogP contribution in [0.5, 0.6) is 0 Å². The number of ketones is 1. The molecule has 0 heterocycles. The minimum atomic E-state index is -0.390. The maximum atomic E-state index is 12.5. The van der Waals surface area contributed by atoms with Crippen molar-refractivity contribution in [3.8, 4) is 0 Å². The summed E-state index contributed by atoms with van der Waals surface area (Å²) in [6.45, 7) is 9.05. The molecule has 0 rings (SSSR count). The van der Waals surface area contributed by atoms with Crippen LogP contribution in [0.1, 0.15) is 19.8 Å². The Labute approximate surface area is 276 Å². The molecule has 1 amide bonds. The van der Waals surface area contributed by atoms with Crippen molar-refractivity contribution in [3.63, 3.8) is 0 Å². The lowest BCUT2D eigenvalue weighted by Crippen LogP contribution is -2.42. The highest BCUT2D eigenvalue weighted by molar-refractivity contribution is 5.76. The lowest BCUT2D eigenvalue weighted by Gasteiger charge is -2.19.